The number of carbonyl (C=O) groups excluding carboxylic acids is 4. The van der Waals surface area contributed by atoms with Crippen molar-refractivity contribution in [3.8, 4) is 0 Å². The van der Waals surface area contributed by atoms with Crippen molar-refractivity contribution >= 4 is 76.2 Å². The molecule has 0 aromatic heterocycles. The first-order chi connectivity index (χ1) is 14.7. The van der Waals surface area contributed by atoms with E-state index in [9.17, 15) is 19.2 Å². The van der Waals surface area contributed by atoms with Gasteiger partial charge in [-0.1, -0.05) is 37.0 Å². The molecular formula is C22H22Cl4N2O4. The number of fused-ring (bicyclic) bond motifs is 3. The minimum Gasteiger partial charge on any atom is -0.313 e. The predicted molar refractivity (Wildman–Crippen MR) is 123 cm³/mol. The lowest BCUT2D eigenvalue weighted by Gasteiger charge is -2.56. The summed E-state index contributed by atoms with van der Waals surface area (Å²) < 4.78 is 0.689. The van der Waals surface area contributed by atoms with Gasteiger partial charge in [0.25, 0.3) is 0 Å². The van der Waals surface area contributed by atoms with E-state index in [1.54, 1.807) is 7.05 Å². The molecular weight excluding hydrogens is 498 g/mol. The lowest BCUT2D eigenvalue weighted by Crippen LogP contribution is -2.69. The maximum absolute atomic E-state index is 14.4. The summed E-state index contributed by atoms with van der Waals surface area (Å²) in [7, 11) is 1.60. The number of ketones is 2. The van der Waals surface area contributed by atoms with Gasteiger partial charge in [-0.05, 0) is 37.3 Å². The standard InChI is InChI=1S/C22H22Cl4N2O4/c1-9(30)21(4)13(25)6-10-18(31)22(21,28(26)8-29)15-11(23)7-12(24)17-14(15)16(20(10,2)3)19(32)27(17)5/h7-8,10,13,16H,6H2,1-5H3/t10-,13+,16+,21+,22+/m0/s1. The van der Waals surface area contributed by atoms with Gasteiger partial charge < -0.3 is 4.90 Å². The zero-order valence-corrected chi connectivity index (χ0v) is 21.2. The normalized spacial score (nSPS) is 34.8. The van der Waals surface area contributed by atoms with Crippen molar-refractivity contribution in [2.24, 2.45) is 16.7 Å². The minimum absolute atomic E-state index is 0.0393. The van der Waals surface area contributed by atoms with Gasteiger partial charge in [0, 0.05) is 40.7 Å². The van der Waals surface area contributed by atoms with Crippen LogP contribution in [0.3, 0.4) is 0 Å². The Bertz CT molecular complexity index is 1110. The highest BCUT2D eigenvalue weighted by Crippen LogP contribution is 2.68. The Morgan fingerprint density at radius 3 is 2.34 bits per heavy atom. The summed E-state index contributed by atoms with van der Waals surface area (Å²) in [6.45, 7) is 6.48. The molecule has 0 unspecified atom stereocenters. The Labute approximate surface area is 206 Å². The molecule has 1 aromatic carbocycles. The first kappa shape index (κ1) is 23.8. The Morgan fingerprint density at radius 1 is 1.22 bits per heavy atom. The quantitative estimate of drug-likeness (QED) is 0.330. The number of Topliss-reactive ketones (excluding diaryl/α,β-unsaturated/α-hetero) is 2. The van der Waals surface area contributed by atoms with E-state index in [0.29, 0.717) is 15.7 Å². The molecule has 1 fully saturated rings. The van der Waals surface area contributed by atoms with Crippen LogP contribution in [0.2, 0.25) is 10.0 Å². The SMILES string of the molecule is CC(=O)[C@]1(C)[C@H](Cl)C[C@H]2C(=O)[C@]1(N(Cl)C=O)c1c(Cl)cc(Cl)c3c1[C@H](C(=O)N3C)C2(C)C. The van der Waals surface area contributed by atoms with Crippen molar-refractivity contribution in [2.45, 2.75) is 50.9 Å². The second kappa shape index (κ2) is 7.08. The number of carbonyl (C=O) groups is 4. The Morgan fingerprint density at radius 2 is 1.81 bits per heavy atom. The van der Waals surface area contributed by atoms with Gasteiger partial charge in [-0.3, -0.25) is 19.2 Å². The predicted octanol–water partition coefficient (Wildman–Crippen LogP) is 4.69. The molecule has 5 atom stereocenters. The molecule has 2 aliphatic carbocycles. The third kappa shape index (κ3) is 2.40. The van der Waals surface area contributed by atoms with Crippen LogP contribution < -0.4 is 4.90 Å². The van der Waals surface area contributed by atoms with Gasteiger partial charge in [0.1, 0.15) is 5.78 Å². The molecule has 0 N–H and O–H groups in total. The number of likely N-dealkylation sites (N-methyl/N-ethyl adjacent to an activating group) is 1. The van der Waals surface area contributed by atoms with Crippen LogP contribution in [0.4, 0.5) is 5.69 Å². The molecule has 1 heterocycles. The average molecular weight is 520 g/mol. The number of rotatable bonds is 3. The summed E-state index contributed by atoms with van der Waals surface area (Å²) >= 11 is 26.6. The average Bonchev–Trinajstić information content (AvgIpc) is 2.95. The van der Waals surface area contributed by atoms with Crippen molar-refractivity contribution < 1.29 is 19.2 Å². The lowest BCUT2D eigenvalue weighted by atomic mass is 9.52. The zero-order chi connectivity index (χ0) is 24.1. The molecule has 1 aromatic rings. The summed E-state index contributed by atoms with van der Waals surface area (Å²) in [5.41, 5.74) is -3.62. The first-order valence-corrected chi connectivity index (χ1v) is 11.6. The van der Waals surface area contributed by atoms with E-state index in [2.05, 4.69) is 0 Å². The second-order valence-electron chi connectivity index (χ2n) is 9.63. The molecule has 2 bridgehead atoms. The Hall–Kier alpha value is -1.34. The maximum atomic E-state index is 14.4. The fraction of sp³-hybridized carbons (Fsp3) is 0.545. The summed E-state index contributed by atoms with van der Waals surface area (Å²) in [5, 5.41) is -0.601. The molecule has 32 heavy (non-hydrogen) atoms. The van der Waals surface area contributed by atoms with Gasteiger partial charge in [-0.2, -0.15) is 0 Å². The molecule has 3 aliphatic rings. The number of benzene rings is 1. The van der Waals surface area contributed by atoms with Gasteiger partial charge in [0.05, 0.1) is 22.0 Å². The molecule has 2 amide bonds. The van der Waals surface area contributed by atoms with Crippen LogP contribution in [0.5, 0.6) is 0 Å². The van der Waals surface area contributed by atoms with E-state index < -0.39 is 45.1 Å². The van der Waals surface area contributed by atoms with E-state index in [1.807, 2.05) is 13.8 Å². The summed E-state index contributed by atoms with van der Waals surface area (Å²) in [6, 6.07) is 1.42. The fourth-order valence-electron chi connectivity index (χ4n) is 6.23. The number of hydrogen-bond donors (Lipinski definition) is 0. The van der Waals surface area contributed by atoms with Gasteiger partial charge >= 0.3 is 0 Å². The van der Waals surface area contributed by atoms with Gasteiger partial charge in [0.15, 0.2) is 11.3 Å². The number of nitrogens with zero attached hydrogens (tertiary/aromatic N) is 2. The molecule has 172 valence electrons. The summed E-state index contributed by atoms with van der Waals surface area (Å²) in [6.07, 6.45) is 0.425. The van der Waals surface area contributed by atoms with Crippen LogP contribution in [-0.2, 0) is 24.7 Å². The smallest absolute Gasteiger partial charge is 0.234 e. The number of halogens is 4. The number of anilines is 1. The molecule has 1 saturated carbocycles. The highest BCUT2D eigenvalue weighted by molar-refractivity contribution is 6.39. The molecule has 1 aliphatic heterocycles. The van der Waals surface area contributed by atoms with E-state index >= 15 is 0 Å². The largest absolute Gasteiger partial charge is 0.313 e. The van der Waals surface area contributed by atoms with Crippen molar-refractivity contribution in [1.82, 2.24) is 4.42 Å². The Balaban J connectivity index is 2.33. The monoisotopic (exact) mass is 518 g/mol. The molecule has 0 saturated heterocycles. The van der Waals surface area contributed by atoms with Crippen LogP contribution in [0, 0.1) is 16.7 Å². The molecule has 0 radical (unpaired) electrons. The van der Waals surface area contributed by atoms with Crippen molar-refractivity contribution in [3.63, 3.8) is 0 Å². The van der Waals surface area contributed by atoms with Gasteiger partial charge in [0.2, 0.25) is 12.3 Å². The van der Waals surface area contributed by atoms with E-state index in [-0.39, 0.29) is 34.3 Å². The van der Waals surface area contributed by atoms with Crippen molar-refractivity contribution in [2.75, 3.05) is 11.9 Å². The third-order valence-corrected chi connectivity index (χ3v) is 9.62. The van der Waals surface area contributed by atoms with Crippen LogP contribution in [0.25, 0.3) is 0 Å². The highest BCUT2D eigenvalue weighted by Gasteiger charge is 2.74. The van der Waals surface area contributed by atoms with Crippen molar-refractivity contribution in [3.05, 3.63) is 27.2 Å². The molecule has 6 nitrogen and oxygen atoms in total. The summed E-state index contributed by atoms with van der Waals surface area (Å²) in [5.74, 6) is -2.72. The molecule has 4 rings (SSSR count). The first-order valence-electron chi connectivity index (χ1n) is 10.1. The molecule has 10 heteroatoms. The summed E-state index contributed by atoms with van der Waals surface area (Å²) in [4.78, 5) is 54.7. The second-order valence-corrected chi connectivity index (χ2v) is 11.3. The fourth-order valence-corrected chi connectivity index (χ4v) is 7.81. The van der Waals surface area contributed by atoms with Gasteiger partial charge in [-0.25, -0.2) is 4.42 Å². The minimum atomic E-state index is -2.03. The van der Waals surface area contributed by atoms with Crippen LogP contribution >= 0.6 is 46.6 Å². The van der Waals surface area contributed by atoms with E-state index in [1.165, 1.54) is 24.8 Å². The van der Waals surface area contributed by atoms with Crippen LogP contribution in [-0.4, -0.2) is 40.7 Å². The van der Waals surface area contributed by atoms with Crippen molar-refractivity contribution in [1.29, 1.82) is 0 Å². The Kier molecular flexibility index (Phi) is 5.27. The number of hydrogen-bond acceptors (Lipinski definition) is 4. The zero-order valence-electron chi connectivity index (χ0n) is 18.1. The topological polar surface area (TPSA) is 74.8 Å². The number of alkyl halides is 1. The third-order valence-electron chi connectivity index (χ3n) is 8.09. The maximum Gasteiger partial charge on any atom is 0.234 e. The lowest BCUT2D eigenvalue weighted by molar-refractivity contribution is -0.162. The van der Waals surface area contributed by atoms with Crippen LogP contribution in [0.1, 0.15) is 51.2 Å². The van der Waals surface area contributed by atoms with E-state index in [0.717, 1.165) is 0 Å². The molecule has 0 spiro atoms. The highest BCUT2D eigenvalue weighted by atomic mass is 35.5. The van der Waals surface area contributed by atoms with Crippen LogP contribution in [0.15, 0.2) is 6.07 Å². The van der Waals surface area contributed by atoms with E-state index in [4.69, 9.17) is 46.6 Å². The van der Waals surface area contributed by atoms with Gasteiger partial charge in [-0.15, -0.1) is 11.6 Å². The number of amides is 2.